The zero-order valence-corrected chi connectivity index (χ0v) is 7.29. The third kappa shape index (κ3) is 1.22. The fourth-order valence-corrected chi connectivity index (χ4v) is 2.15. The van der Waals surface area contributed by atoms with E-state index < -0.39 is 0 Å². The van der Waals surface area contributed by atoms with Crippen LogP contribution < -0.4 is 5.73 Å². The van der Waals surface area contributed by atoms with Gasteiger partial charge in [-0.05, 0) is 29.9 Å². The highest BCUT2D eigenvalue weighted by atomic mass is 32.1. The molecule has 0 fully saturated rings. The minimum Gasteiger partial charge on any atom is -0.326 e. The van der Waals surface area contributed by atoms with E-state index in [4.69, 9.17) is 5.73 Å². The smallest absolute Gasteiger partial charge is 0.0189 e. The van der Waals surface area contributed by atoms with Crippen molar-refractivity contribution in [1.82, 2.24) is 0 Å². The average molecular weight is 155 g/mol. The van der Waals surface area contributed by atoms with Crippen molar-refractivity contribution in [3.05, 3.63) is 21.4 Å². The molecule has 1 nitrogen and oxygen atoms in total. The number of thiophene rings is 1. The second-order valence-corrected chi connectivity index (χ2v) is 3.44. The number of hydrogen-bond donors (Lipinski definition) is 1. The minimum absolute atomic E-state index is 0.688. The van der Waals surface area contributed by atoms with E-state index in [0.717, 1.165) is 6.42 Å². The Bertz CT molecular complexity index is 215. The highest BCUT2D eigenvalue weighted by Gasteiger charge is 2.03. The standard InChI is InChI=1S/C8H13NS/c1-3-8-6(2)10-5-7(8)4-9/h5H,3-4,9H2,1-2H3. The van der Waals surface area contributed by atoms with E-state index in [-0.39, 0.29) is 0 Å². The summed E-state index contributed by atoms with van der Waals surface area (Å²) in [5.41, 5.74) is 8.32. The molecule has 0 aliphatic rings. The Labute approximate surface area is 65.9 Å². The van der Waals surface area contributed by atoms with Gasteiger partial charge in [-0.2, -0.15) is 0 Å². The van der Waals surface area contributed by atoms with E-state index >= 15 is 0 Å². The zero-order valence-electron chi connectivity index (χ0n) is 6.48. The second kappa shape index (κ2) is 3.17. The van der Waals surface area contributed by atoms with Crippen LogP contribution in [-0.4, -0.2) is 0 Å². The predicted octanol–water partition coefficient (Wildman–Crippen LogP) is 2.08. The first-order valence-corrected chi connectivity index (χ1v) is 4.43. The van der Waals surface area contributed by atoms with Crippen LogP contribution in [0.15, 0.2) is 5.38 Å². The van der Waals surface area contributed by atoms with Crippen LogP contribution in [0.3, 0.4) is 0 Å². The van der Waals surface area contributed by atoms with Crippen LogP contribution >= 0.6 is 11.3 Å². The van der Waals surface area contributed by atoms with Crippen LogP contribution in [0.4, 0.5) is 0 Å². The Balaban J connectivity index is 3.01. The van der Waals surface area contributed by atoms with Gasteiger partial charge < -0.3 is 5.73 Å². The molecule has 10 heavy (non-hydrogen) atoms. The Morgan fingerprint density at radius 3 is 2.70 bits per heavy atom. The Kier molecular flexibility index (Phi) is 2.46. The predicted molar refractivity (Wildman–Crippen MR) is 46.3 cm³/mol. The highest BCUT2D eigenvalue weighted by molar-refractivity contribution is 7.10. The lowest BCUT2D eigenvalue weighted by Crippen LogP contribution is -1.97. The van der Waals surface area contributed by atoms with Gasteiger partial charge in [0.25, 0.3) is 0 Å². The van der Waals surface area contributed by atoms with Crippen molar-refractivity contribution in [1.29, 1.82) is 0 Å². The molecule has 0 radical (unpaired) electrons. The summed E-state index contributed by atoms with van der Waals surface area (Å²) in [6, 6.07) is 0. The van der Waals surface area contributed by atoms with Gasteiger partial charge >= 0.3 is 0 Å². The van der Waals surface area contributed by atoms with E-state index in [1.54, 1.807) is 11.3 Å². The maximum atomic E-state index is 5.55. The molecule has 0 amide bonds. The fourth-order valence-electron chi connectivity index (χ4n) is 1.18. The molecule has 0 aliphatic heterocycles. The summed E-state index contributed by atoms with van der Waals surface area (Å²) in [7, 11) is 0. The van der Waals surface area contributed by atoms with Crippen molar-refractivity contribution in [2.75, 3.05) is 0 Å². The second-order valence-electron chi connectivity index (χ2n) is 2.35. The van der Waals surface area contributed by atoms with Crippen molar-refractivity contribution in [2.24, 2.45) is 5.73 Å². The molecule has 1 aromatic rings. The summed E-state index contributed by atoms with van der Waals surface area (Å²) >= 11 is 1.80. The average Bonchev–Trinajstić information content (AvgIpc) is 2.30. The van der Waals surface area contributed by atoms with Crippen molar-refractivity contribution in [3.63, 3.8) is 0 Å². The van der Waals surface area contributed by atoms with Crippen molar-refractivity contribution >= 4 is 11.3 Å². The van der Waals surface area contributed by atoms with Gasteiger partial charge in [-0.25, -0.2) is 0 Å². The van der Waals surface area contributed by atoms with Gasteiger partial charge in [0.15, 0.2) is 0 Å². The number of nitrogens with two attached hydrogens (primary N) is 1. The summed E-state index contributed by atoms with van der Waals surface area (Å²) in [6.45, 7) is 5.02. The molecule has 2 N–H and O–H groups in total. The largest absolute Gasteiger partial charge is 0.326 e. The Hall–Kier alpha value is -0.340. The normalized spacial score (nSPS) is 10.3. The van der Waals surface area contributed by atoms with Crippen LogP contribution in [0.5, 0.6) is 0 Å². The van der Waals surface area contributed by atoms with E-state index in [9.17, 15) is 0 Å². The zero-order chi connectivity index (χ0) is 7.56. The summed E-state index contributed by atoms with van der Waals surface area (Å²) in [4.78, 5) is 1.42. The SMILES string of the molecule is CCc1c(CN)csc1C. The molecule has 1 heterocycles. The molecule has 0 saturated heterocycles. The van der Waals surface area contributed by atoms with Crippen LogP contribution in [0.2, 0.25) is 0 Å². The number of hydrogen-bond acceptors (Lipinski definition) is 2. The molecule has 1 aromatic heterocycles. The third-order valence-electron chi connectivity index (χ3n) is 1.76. The van der Waals surface area contributed by atoms with E-state index in [0.29, 0.717) is 6.54 Å². The van der Waals surface area contributed by atoms with Gasteiger partial charge in [-0.3, -0.25) is 0 Å². The van der Waals surface area contributed by atoms with Crippen LogP contribution in [0.25, 0.3) is 0 Å². The molecule has 0 unspecified atom stereocenters. The number of aryl methyl sites for hydroxylation is 1. The summed E-state index contributed by atoms with van der Waals surface area (Å²) in [5, 5.41) is 2.16. The lowest BCUT2D eigenvalue weighted by Gasteiger charge is -1.97. The number of rotatable bonds is 2. The Morgan fingerprint density at radius 2 is 2.30 bits per heavy atom. The molecule has 0 atom stereocenters. The fraction of sp³-hybridized carbons (Fsp3) is 0.500. The third-order valence-corrected chi connectivity index (χ3v) is 2.77. The summed E-state index contributed by atoms with van der Waals surface area (Å²) < 4.78 is 0. The monoisotopic (exact) mass is 155 g/mol. The van der Waals surface area contributed by atoms with E-state index in [2.05, 4.69) is 19.2 Å². The van der Waals surface area contributed by atoms with Crippen LogP contribution in [-0.2, 0) is 13.0 Å². The lowest BCUT2D eigenvalue weighted by molar-refractivity contribution is 1.01. The molecule has 0 aliphatic carbocycles. The minimum atomic E-state index is 0.688. The first-order chi connectivity index (χ1) is 4.79. The molecule has 0 bridgehead atoms. The van der Waals surface area contributed by atoms with E-state index in [1.165, 1.54) is 16.0 Å². The van der Waals surface area contributed by atoms with Gasteiger partial charge in [0.2, 0.25) is 0 Å². The molecule has 1 rings (SSSR count). The van der Waals surface area contributed by atoms with Gasteiger partial charge in [0.1, 0.15) is 0 Å². The first kappa shape index (κ1) is 7.76. The van der Waals surface area contributed by atoms with Gasteiger partial charge in [-0.15, -0.1) is 11.3 Å². The van der Waals surface area contributed by atoms with Crippen molar-refractivity contribution < 1.29 is 0 Å². The summed E-state index contributed by atoms with van der Waals surface area (Å²) in [5.74, 6) is 0. The molecular formula is C8H13NS. The van der Waals surface area contributed by atoms with Crippen molar-refractivity contribution in [3.8, 4) is 0 Å². The summed E-state index contributed by atoms with van der Waals surface area (Å²) in [6.07, 6.45) is 1.11. The molecule has 0 saturated carbocycles. The van der Waals surface area contributed by atoms with Crippen molar-refractivity contribution in [2.45, 2.75) is 26.8 Å². The van der Waals surface area contributed by atoms with Crippen LogP contribution in [0.1, 0.15) is 22.9 Å². The lowest BCUT2D eigenvalue weighted by atomic mass is 10.1. The highest BCUT2D eigenvalue weighted by Crippen LogP contribution is 2.21. The molecule has 0 spiro atoms. The molecule has 56 valence electrons. The van der Waals surface area contributed by atoms with E-state index in [1.807, 2.05) is 0 Å². The van der Waals surface area contributed by atoms with Gasteiger partial charge in [-0.1, -0.05) is 6.92 Å². The topological polar surface area (TPSA) is 26.0 Å². The molecular weight excluding hydrogens is 142 g/mol. The first-order valence-electron chi connectivity index (χ1n) is 3.55. The van der Waals surface area contributed by atoms with Crippen LogP contribution in [0, 0.1) is 6.92 Å². The maximum absolute atomic E-state index is 5.55. The quantitative estimate of drug-likeness (QED) is 0.695. The molecule has 2 heteroatoms. The Morgan fingerprint density at radius 1 is 1.60 bits per heavy atom. The maximum Gasteiger partial charge on any atom is 0.0189 e. The van der Waals surface area contributed by atoms with Gasteiger partial charge in [0, 0.05) is 11.4 Å². The van der Waals surface area contributed by atoms with Gasteiger partial charge in [0.05, 0.1) is 0 Å². The molecule has 0 aromatic carbocycles.